The molecular weight excluding hydrogens is 622 g/mol. The second-order valence-electron chi connectivity index (χ2n) is 10.3. The lowest BCUT2D eigenvalue weighted by Gasteiger charge is -2.28. The van der Waals surface area contributed by atoms with Gasteiger partial charge in [-0.25, -0.2) is 10.4 Å². The fraction of sp³-hybridized carbons (Fsp3) is 0.333. The Morgan fingerprint density at radius 2 is 1.72 bits per heavy atom. The maximum absolute atomic E-state index is 13.8. The number of nitrogens with one attached hydrogen (secondary N) is 2. The second-order valence-corrected chi connectivity index (χ2v) is 10.3. The van der Waals surface area contributed by atoms with Crippen LogP contribution in [-0.4, -0.2) is 41.8 Å². The number of rotatable bonds is 12. The molecule has 0 aliphatic carbocycles. The molecule has 244 valence electrons. The number of ether oxygens (including phenoxy) is 2. The van der Waals surface area contributed by atoms with E-state index in [1.807, 2.05) is 0 Å². The van der Waals surface area contributed by atoms with E-state index in [2.05, 4.69) is 25.9 Å². The van der Waals surface area contributed by atoms with E-state index in [1.54, 1.807) is 49.4 Å². The summed E-state index contributed by atoms with van der Waals surface area (Å²) in [5.41, 5.74) is 9.85. The third-order valence-electron chi connectivity index (χ3n) is 7.07. The van der Waals surface area contributed by atoms with Crippen molar-refractivity contribution in [2.75, 3.05) is 13.2 Å². The molecule has 3 aromatic carbocycles. The molecule has 16 heteroatoms. The van der Waals surface area contributed by atoms with Crippen molar-refractivity contribution in [3.8, 4) is 5.75 Å². The highest BCUT2D eigenvalue weighted by molar-refractivity contribution is 6.00. The Balaban J connectivity index is 1.63. The number of nitrogens with zero attached hydrogens (tertiary/aromatic N) is 4. The Kier molecular flexibility index (Phi) is 10.5. The minimum absolute atomic E-state index is 0.0137. The molecule has 1 amide bonds. The Bertz CT molecular complexity index is 1590. The van der Waals surface area contributed by atoms with E-state index in [1.165, 1.54) is 6.07 Å². The van der Waals surface area contributed by atoms with E-state index < -0.39 is 47.6 Å². The molecule has 2 atom stereocenters. The molecular formula is C30H28F6N6O4. The third-order valence-corrected chi connectivity index (χ3v) is 7.07. The fourth-order valence-corrected chi connectivity index (χ4v) is 4.70. The molecule has 0 fully saturated rings. The first-order valence-electron chi connectivity index (χ1n) is 13.8. The van der Waals surface area contributed by atoms with Crippen LogP contribution in [0, 0.1) is 0 Å². The predicted octanol–water partition coefficient (Wildman–Crippen LogP) is 6.40. The summed E-state index contributed by atoms with van der Waals surface area (Å²) in [6, 6.07) is 14.1. The number of alkyl halides is 6. The predicted molar refractivity (Wildman–Crippen MR) is 154 cm³/mol. The average molecular weight is 651 g/mol. The lowest BCUT2D eigenvalue weighted by atomic mass is 9.85. The Labute approximate surface area is 258 Å². The summed E-state index contributed by atoms with van der Waals surface area (Å²) in [5, 5.41) is 12.6. The molecule has 0 spiro atoms. The summed E-state index contributed by atoms with van der Waals surface area (Å²) >= 11 is 0. The van der Waals surface area contributed by atoms with Gasteiger partial charge >= 0.3 is 12.4 Å². The summed E-state index contributed by atoms with van der Waals surface area (Å²) < 4.78 is 91.4. The number of amides is 1. The van der Waals surface area contributed by atoms with Gasteiger partial charge in [0.2, 0.25) is 5.90 Å². The molecule has 0 aromatic heterocycles. The standard InChI is InChI=1S/C30H28F6N6O4/c1-18-28(16-21-5-2-3-6-25(21)40-42-37,39-26(46-18)20-7-9-24(10-8-20)45-12-4-11-43)27(44)41-38-17-19-13-22(29(31,32)33)15-23(14-19)30(34,35)36/h2-3,5-10,13-15,18,38,43H,4,11-12,16-17H2,1H3,(H,41,44)/t18-,28-/m0/s1. The summed E-state index contributed by atoms with van der Waals surface area (Å²) in [6.07, 6.45) is -10.7. The largest absolute Gasteiger partial charge is 0.494 e. The summed E-state index contributed by atoms with van der Waals surface area (Å²) in [7, 11) is 0. The van der Waals surface area contributed by atoms with Gasteiger partial charge in [-0.1, -0.05) is 29.4 Å². The van der Waals surface area contributed by atoms with Crippen molar-refractivity contribution in [3.63, 3.8) is 0 Å². The molecule has 0 bridgehead atoms. The van der Waals surface area contributed by atoms with Gasteiger partial charge in [0.05, 0.1) is 17.7 Å². The van der Waals surface area contributed by atoms with E-state index in [0.717, 1.165) is 0 Å². The zero-order chi connectivity index (χ0) is 33.5. The van der Waals surface area contributed by atoms with Gasteiger partial charge in [0, 0.05) is 42.2 Å². The van der Waals surface area contributed by atoms with Gasteiger partial charge in [-0.3, -0.25) is 10.2 Å². The van der Waals surface area contributed by atoms with E-state index in [4.69, 9.17) is 20.1 Å². The zero-order valence-electron chi connectivity index (χ0n) is 24.2. The van der Waals surface area contributed by atoms with Gasteiger partial charge in [0.25, 0.3) is 5.91 Å². The monoisotopic (exact) mass is 650 g/mol. The quantitative estimate of drug-likeness (QED) is 0.0520. The third kappa shape index (κ3) is 8.07. The Hall–Kier alpha value is -4.79. The van der Waals surface area contributed by atoms with Crippen LogP contribution in [-0.2, 0) is 34.8 Å². The zero-order valence-corrected chi connectivity index (χ0v) is 24.2. The molecule has 3 aromatic rings. The first-order chi connectivity index (χ1) is 21.8. The van der Waals surface area contributed by atoms with Crippen molar-refractivity contribution in [2.45, 2.75) is 50.3 Å². The lowest BCUT2D eigenvalue weighted by Crippen LogP contribution is -2.55. The van der Waals surface area contributed by atoms with Crippen molar-refractivity contribution in [2.24, 2.45) is 10.1 Å². The number of aliphatic hydroxyl groups is 1. The molecule has 1 aliphatic rings. The van der Waals surface area contributed by atoms with Crippen molar-refractivity contribution in [1.29, 1.82) is 0 Å². The van der Waals surface area contributed by atoms with Crippen LogP contribution in [0.3, 0.4) is 0 Å². The lowest BCUT2D eigenvalue weighted by molar-refractivity contribution is -0.143. The van der Waals surface area contributed by atoms with Crippen LogP contribution in [0.1, 0.15) is 41.2 Å². The maximum atomic E-state index is 13.8. The number of aliphatic hydroxyl groups excluding tert-OH is 1. The number of aliphatic imine (C=N–C) groups is 1. The van der Waals surface area contributed by atoms with E-state index in [-0.39, 0.29) is 36.2 Å². The molecule has 0 unspecified atom stereocenters. The van der Waals surface area contributed by atoms with Crippen LogP contribution in [0.2, 0.25) is 0 Å². The highest BCUT2D eigenvalue weighted by atomic mass is 19.4. The molecule has 46 heavy (non-hydrogen) atoms. The van der Waals surface area contributed by atoms with Crippen LogP contribution >= 0.6 is 0 Å². The maximum Gasteiger partial charge on any atom is 0.416 e. The minimum Gasteiger partial charge on any atom is -0.494 e. The number of hydrogen-bond acceptors (Lipinski definition) is 7. The number of azide groups is 1. The van der Waals surface area contributed by atoms with Crippen molar-refractivity contribution in [1.82, 2.24) is 10.9 Å². The van der Waals surface area contributed by atoms with Crippen molar-refractivity contribution >= 4 is 17.5 Å². The topological polar surface area (TPSA) is 141 Å². The summed E-state index contributed by atoms with van der Waals surface area (Å²) in [4.78, 5) is 21.3. The minimum atomic E-state index is -5.03. The van der Waals surface area contributed by atoms with Gasteiger partial charge < -0.3 is 14.6 Å². The first-order valence-corrected chi connectivity index (χ1v) is 13.8. The molecule has 4 rings (SSSR count). The SMILES string of the molecule is C[C@@H]1OC(c2ccc(OCCCO)cc2)=N[C@]1(Cc1ccccc1N=[N+]=[N-])C(=O)NNCc1cc(C(F)(F)F)cc(C(F)(F)F)c1. The van der Waals surface area contributed by atoms with E-state index in [9.17, 15) is 31.1 Å². The van der Waals surface area contributed by atoms with Crippen LogP contribution < -0.4 is 15.6 Å². The number of benzene rings is 3. The number of hydrogen-bond donors (Lipinski definition) is 3. The van der Waals surface area contributed by atoms with Gasteiger partial charge in [0.1, 0.15) is 11.9 Å². The van der Waals surface area contributed by atoms with E-state index >= 15 is 0 Å². The summed E-state index contributed by atoms with van der Waals surface area (Å²) in [6.45, 7) is 1.24. The first kappa shape index (κ1) is 34.1. The van der Waals surface area contributed by atoms with Crippen LogP contribution in [0.5, 0.6) is 5.75 Å². The average Bonchev–Trinajstić information content (AvgIpc) is 3.34. The molecule has 0 saturated carbocycles. The molecule has 3 N–H and O–H groups in total. The van der Waals surface area contributed by atoms with Crippen LogP contribution in [0.4, 0.5) is 32.0 Å². The summed E-state index contributed by atoms with van der Waals surface area (Å²) in [5.74, 6) is -0.208. The molecule has 1 aliphatic heterocycles. The van der Waals surface area contributed by atoms with Gasteiger partial charge in [0.15, 0.2) is 5.54 Å². The van der Waals surface area contributed by atoms with Crippen LogP contribution in [0.25, 0.3) is 10.4 Å². The number of hydrazine groups is 1. The van der Waals surface area contributed by atoms with Crippen LogP contribution in [0.15, 0.2) is 76.8 Å². The highest BCUT2D eigenvalue weighted by Gasteiger charge is 2.50. The van der Waals surface area contributed by atoms with E-state index in [0.29, 0.717) is 42.0 Å². The second kappa shape index (κ2) is 14.1. The van der Waals surface area contributed by atoms with Gasteiger partial charge in [-0.15, -0.1) is 0 Å². The smallest absolute Gasteiger partial charge is 0.416 e. The molecule has 1 heterocycles. The normalized spacial score (nSPS) is 17.9. The van der Waals surface area contributed by atoms with Crippen molar-refractivity contribution < 1.29 is 45.7 Å². The number of carbonyl (C=O) groups is 1. The van der Waals surface area contributed by atoms with Gasteiger partial charge in [-0.05, 0) is 66.0 Å². The Morgan fingerprint density at radius 3 is 2.33 bits per heavy atom. The fourth-order valence-electron chi connectivity index (χ4n) is 4.70. The molecule has 0 saturated heterocycles. The molecule has 10 nitrogen and oxygen atoms in total. The number of carbonyl (C=O) groups excluding carboxylic acids is 1. The molecule has 0 radical (unpaired) electrons. The highest BCUT2D eigenvalue weighted by Crippen LogP contribution is 2.37. The number of halogens is 6. The Morgan fingerprint density at radius 1 is 1.07 bits per heavy atom. The van der Waals surface area contributed by atoms with Crippen molar-refractivity contribution in [3.05, 3.63) is 105 Å². The van der Waals surface area contributed by atoms with Gasteiger partial charge in [-0.2, -0.15) is 26.3 Å².